The van der Waals surface area contributed by atoms with Crippen LogP contribution in [0.25, 0.3) is 109 Å². The van der Waals surface area contributed by atoms with Crippen molar-refractivity contribution in [2.45, 2.75) is 0 Å². The molecule has 0 fully saturated rings. The molecule has 11 aromatic rings. The quantitative estimate of drug-likeness (QED) is 0.172. The summed E-state index contributed by atoms with van der Waals surface area (Å²) in [7, 11) is 0. The van der Waals surface area contributed by atoms with Crippen LogP contribution in [-0.2, 0) is 0 Å². The lowest BCUT2D eigenvalue weighted by Gasteiger charge is -2.12. The average Bonchev–Trinajstić information content (AvgIpc) is 3.62. The molecule has 4 aromatic heterocycles. The van der Waals surface area contributed by atoms with E-state index in [9.17, 15) is 0 Å². The highest BCUT2D eigenvalue weighted by Gasteiger charge is 2.16. The van der Waals surface area contributed by atoms with Crippen molar-refractivity contribution >= 4 is 75.0 Å². The molecule has 0 aliphatic heterocycles. The van der Waals surface area contributed by atoms with Crippen molar-refractivity contribution < 1.29 is 0 Å². The van der Waals surface area contributed by atoms with Crippen LogP contribution in [0.4, 0.5) is 0 Å². The molecule has 4 heterocycles. The molecular formula is C49H29N3S. The maximum absolute atomic E-state index is 5.24. The molecule has 0 saturated heterocycles. The van der Waals surface area contributed by atoms with Crippen molar-refractivity contribution in [2.75, 3.05) is 0 Å². The minimum atomic E-state index is 0.917. The van der Waals surface area contributed by atoms with E-state index in [0.29, 0.717) is 0 Å². The summed E-state index contributed by atoms with van der Waals surface area (Å²) < 4.78 is 2.63. The Bertz CT molecular complexity index is 3200. The summed E-state index contributed by atoms with van der Waals surface area (Å²) in [6.45, 7) is 0. The van der Waals surface area contributed by atoms with E-state index in [2.05, 4.69) is 158 Å². The maximum atomic E-state index is 5.24. The molecule has 3 nitrogen and oxygen atoms in total. The van der Waals surface area contributed by atoms with E-state index in [1.807, 2.05) is 29.5 Å². The molecule has 0 spiro atoms. The number of para-hydroxylation sites is 1. The molecule has 0 aliphatic carbocycles. The Balaban J connectivity index is 0.952. The molecule has 0 radical (unpaired) electrons. The van der Waals surface area contributed by atoms with Crippen molar-refractivity contribution in [1.82, 2.24) is 15.0 Å². The molecule has 0 bridgehead atoms. The minimum absolute atomic E-state index is 0.917. The summed E-state index contributed by atoms with van der Waals surface area (Å²) in [6, 6.07) is 62.4. The number of thiophene rings is 1. The van der Waals surface area contributed by atoms with Crippen molar-refractivity contribution in [1.29, 1.82) is 0 Å². The van der Waals surface area contributed by atoms with Gasteiger partial charge >= 0.3 is 0 Å². The molecule has 246 valence electrons. The number of nitrogens with zero attached hydrogens (tertiary/aromatic N) is 3. The second kappa shape index (κ2) is 11.9. The monoisotopic (exact) mass is 691 g/mol. The van der Waals surface area contributed by atoms with Crippen LogP contribution < -0.4 is 0 Å². The van der Waals surface area contributed by atoms with E-state index >= 15 is 0 Å². The number of pyridine rings is 3. The molecule has 0 aliphatic rings. The van der Waals surface area contributed by atoms with Crippen LogP contribution >= 0.6 is 11.3 Å². The van der Waals surface area contributed by atoms with E-state index < -0.39 is 0 Å². The fraction of sp³-hybridized carbons (Fsp3) is 0. The SMILES string of the molecule is c1ccc(-c2ccc3ccc4ccc(-c5ccc(-c6ccc(-c7nc8ccccc8c8c7ccc7c9ccccc9sc78)cc6)cc5)nc4c3n2)cc1. The first-order chi connectivity index (χ1) is 26.2. The predicted octanol–water partition coefficient (Wildman–Crippen LogP) is 13.5. The predicted molar refractivity (Wildman–Crippen MR) is 224 cm³/mol. The first kappa shape index (κ1) is 29.9. The van der Waals surface area contributed by atoms with Crippen LogP contribution in [-0.4, -0.2) is 15.0 Å². The maximum Gasteiger partial charge on any atom is 0.0972 e. The van der Waals surface area contributed by atoms with Gasteiger partial charge in [-0.15, -0.1) is 11.3 Å². The van der Waals surface area contributed by atoms with E-state index in [4.69, 9.17) is 15.0 Å². The second-order valence-corrected chi connectivity index (χ2v) is 14.6. The molecule has 0 saturated carbocycles. The Hall–Kier alpha value is -6.75. The summed E-state index contributed by atoms with van der Waals surface area (Å²) in [4.78, 5) is 15.5. The summed E-state index contributed by atoms with van der Waals surface area (Å²) in [6.07, 6.45) is 0. The van der Waals surface area contributed by atoms with Gasteiger partial charge in [0.05, 0.1) is 33.6 Å². The van der Waals surface area contributed by atoms with Crippen LogP contribution in [0.1, 0.15) is 0 Å². The topological polar surface area (TPSA) is 38.7 Å². The van der Waals surface area contributed by atoms with Gasteiger partial charge in [0.15, 0.2) is 0 Å². The molecule has 11 rings (SSSR count). The van der Waals surface area contributed by atoms with E-state index in [1.165, 1.54) is 36.3 Å². The second-order valence-electron chi connectivity index (χ2n) is 13.6. The molecule has 0 amide bonds. The van der Waals surface area contributed by atoms with E-state index in [-0.39, 0.29) is 0 Å². The zero-order chi connectivity index (χ0) is 34.9. The van der Waals surface area contributed by atoms with E-state index in [0.717, 1.165) is 72.2 Å². The Morgan fingerprint density at radius 1 is 0.340 bits per heavy atom. The fourth-order valence-electron chi connectivity index (χ4n) is 7.79. The third-order valence-corrected chi connectivity index (χ3v) is 11.7. The summed E-state index contributed by atoms with van der Waals surface area (Å²) in [5.41, 5.74) is 11.3. The lowest BCUT2D eigenvalue weighted by atomic mass is 9.96. The Morgan fingerprint density at radius 3 is 1.57 bits per heavy atom. The lowest BCUT2D eigenvalue weighted by Crippen LogP contribution is -1.91. The van der Waals surface area contributed by atoms with Gasteiger partial charge in [-0.2, -0.15) is 0 Å². The largest absolute Gasteiger partial charge is 0.247 e. The summed E-state index contributed by atoms with van der Waals surface area (Å²) in [5, 5.41) is 8.45. The first-order valence-electron chi connectivity index (χ1n) is 17.9. The molecule has 7 aromatic carbocycles. The lowest BCUT2D eigenvalue weighted by molar-refractivity contribution is 1.36. The van der Waals surface area contributed by atoms with Crippen molar-refractivity contribution in [3.05, 3.63) is 176 Å². The van der Waals surface area contributed by atoms with Gasteiger partial charge in [-0.05, 0) is 35.4 Å². The zero-order valence-electron chi connectivity index (χ0n) is 28.5. The molecule has 0 unspecified atom stereocenters. The van der Waals surface area contributed by atoms with Crippen molar-refractivity contribution in [3.8, 4) is 44.9 Å². The van der Waals surface area contributed by atoms with Crippen molar-refractivity contribution in [2.24, 2.45) is 0 Å². The molecule has 53 heavy (non-hydrogen) atoms. The highest BCUT2D eigenvalue weighted by atomic mass is 32.1. The molecule has 0 atom stereocenters. The van der Waals surface area contributed by atoms with Gasteiger partial charge in [-0.25, -0.2) is 15.0 Å². The van der Waals surface area contributed by atoms with Gasteiger partial charge in [0, 0.05) is 63.8 Å². The Labute approximate surface area is 309 Å². The normalized spacial score (nSPS) is 11.8. The van der Waals surface area contributed by atoms with Gasteiger partial charge < -0.3 is 0 Å². The van der Waals surface area contributed by atoms with Crippen molar-refractivity contribution in [3.63, 3.8) is 0 Å². The molecular weight excluding hydrogens is 663 g/mol. The third kappa shape index (κ3) is 4.91. The number of fused-ring (bicyclic) bond motifs is 10. The number of hydrogen-bond donors (Lipinski definition) is 0. The zero-order valence-corrected chi connectivity index (χ0v) is 29.3. The molecule has 4 heteroatoms. The van der Waals surface area contributed by atoms with Gasteiger partial charge in [0.1, 0.15) is 0 Å². The highest BCUT2D eigenvalue weighted by molar-refractivity contribution is 7.26. The highest BCUT2D eigenvalue weighted by Crippen LogP contribution is 2.43. The van der Waals surface area contributed by atoms with Crippen LogP contribution in [0.3, 0.4) is 0 Å². The average molecular weight is 692 g/mol. The minimum Gasteiger partial charge on any atom is -0.247 e. The van der Waals surface area contributed by atoms with E-state index in [1.54, 1.807) is 0 Å². The number of hydrogen-bond acceptors (Lipinski definition) is 4. The van der Waals surface area contributed by atoms with Crippen LogP contribution in [0.15, 0.2) is 176 Å². The van der Waals surface area contributed by atoms with Crippen LogP contribution in [0.5, 0.6) is 0 Å². The van der Waals surface area contributed by atoms with Crippen LogP contribution in [0.2, 0.25) is 0 Å². The standard InChI is InChI=1S/C49H29N3S/c1-2-8-32(9-3-1)41-28-24-35-22-23-36-25-29-42(51-48(36)47(35)50-41)33-18-14-30(15-19-33)31-16-20-34(21-17-31)46-40-27-26-38-37-10-5-7-13-44(37)53-49(38)45(40)39-11-4-6-12-43(39)52-46/h1-29H. The Morgan fingerprint density at radius 2 is 0.868 bits per heavy atom. The number of aromatic nitrogens is 3. The van der Waals surface area contributed by atoms with Crippen LogP contribution in [0, 0.1) is 0 Å². The first-order valence-corrected chi connectivity index (χ1v) is 18.7. The van der Waals surface area contributed by atoms with Gasteiger partial charge in [-0.3, -0.25) is 0 Å². The fourth-order valence-corrected chi connectivity index (χ4v) is 9.05. The smallest absolute Gasteiger partial charge is 0.0972 e. The van der Waals surface area contributed by atoms with Gasteiger partial charge in [0.25, 0.3) is 0 Å². The third-order valence-electron chi connectivity index (χ3n) is 10.5. The van der Waals surface area contributed by atoms with Gasteiger partial charge in [-0.1, -0.05) is 152 Å². The summed E-state index contributed by atoms with van der Waals surface area (Å²) >= 11 is 1.87. The van der Waals surface area contributed by atoms with Gasteiger partial charge in [0.2, 0.25) is 0 Å². The molecule has 0 N–H and O–H groups in total. The number of benzene rings is 7. The Kier molecular flexibility index (Phi) is 6.73. The summed E-state index contributed by atoms with van der Waals surface area (Å²) in [5.74, 6) is 0. The number of rotatable bonds is 4.